The highest BCUT2D eigenvalue weighted by molar-refractivity contribution is 6.22. The summed E-state index contributed by atoms with van der Waals surface area (Å²) in [7, 11) is 0. The molecular formula is C20H15NO2. The molecule has 1 aliphatic rings. The molecule has 1 aliphatic carbocycles. The van der Waals surface area contributed by atoms with Crippen molar-refractivity contribution in [3.05, 3.63) is 60.2 Å². The molecule has 3 aromatic rings. The Bertz CT molecular complexity index is 957. The Morgan fingerprint density at radius 3 is 2.26 bits per heavy atom. The highest BCUT2D eigenvalue weighted by Crippen LogP contribution is 2.47. The van der Waals surface area contributed by atoms with Gasteiger partial charge in [0.2, 0.25) is 0 Å². The Hall–Kier alpha value is -2.94. The Morgan fingerprint density at radius 2 is 1.57 bits per heavy atom. The van der Waals surface area contributed by atoms with Gasteiger partial charge in [0.25, 0.3) is 0 Å². The predicted octanol–water partition coefficient (Wildman–Crippen LogP) is 4.91. The molecule has 0 heterocycles. The molecule has 0 aliphatic heterocycles. The van der Waals surface area contributed by atoms with E-state index >= 15 is 0 Å². The van der Waals surface area contributed by atoms with Crippen molar-refractivity contribution in [2.45, 2.75) is 13.3 Å². The molecule has 3 heteroatoms. The minimum absolute atomic E-state index is 0.0278. The minimum atomic E-state index is -0.0278. The summed E-state index contributed by atoms with van der Waals surface area (Å²) in [6.07, 6.45) is 0.127. The van der Waals surface area contributed by atoms with Gasteiger partial charge in [0.05, 0.1) is 12.1 Å². The van der Waals surface area contributed by atoms with Gasteiger partial charge in [-0.15, -0.1) is 0 Å². The summed E-state index contributed by atoms with van der Waals surface area (Å²) in [5.74, 6) is -0.0278. The summed E-state index contributed by atoms with van der Waals surface area (Å²) in [5, 5.41) is 14.0. The molecule has 112 valence electrons. The molecule has 23 heavy (non-hydrogen) atoms. The maximum absolute atomic E-state index is 12.6. The molecule has 0 radical (unpaired) electrons. The molecule has 1 N–H and O–H groups in total. The fourth-order valence-electron chi connectivity index (χ4n) is 3.41. The zero-order valence-corrected chi connectivity index (χ0v) is 12.7. The Morgan fingerprint density at radius 1 is 0.913 bits per heavy atom. The number of carbonyl (C=O) groups is 1. The number of ketones is 1. The number of hydrogen-bond acceptors (Lipinski definition) is 3. The smallest absolute Gasteiger partial charge is 0.169 e. The summed E-state index contributed by atoms with van der Waals surface area (Å²) in [6.45, 7) is 1.65. The number of Topliss-reactive ketones (excluding diaryl/α,β-unsaturated/α-hetero) is 1. The molecule has 0 unspecified atom stereocenters. The molecule has 0 bridgehead atoms. The van der Waals surface area contributed by atoms with Crippen LogP contribution in [0.4, 0.5) is 0 Å². The van der Waals surface area contributed by atoms with Gasteiger partial charge in [-0.2, -0.15) is 0 Å². The first kappa shape index (κ1) is 13.7. The van der Waals surface area contributed by atoms with E-state index in [2.05, 4.69) is 23.4 Å². The number of benzene rings is 3. The molecule has 0 aromatic heterocycles. The van der Waals surface area contributed by atoms with E-state index in [0.29, 0.717) is 11.3 Å². The van der Waals surface area contributed by atoms with Crippen LogP contribution in [0.5, 0.6) is 0 Å². The van der Waals surface area contributed by atoms with Crippen LogP contribution in [0, 0.1) is 0 Å². The summed E-state index contributed by atoms with van der Waals surface area (Å²) < 4.78 is 0. The van der Waals surface area contributed by atoms with E-state index in [1.54, 1.807) is 6.92 Å². The van der Waals surface area contributed by atoms with E-state index in [4.69, 9.17) is 5.21 Å². The first-order valence-electron chi connectivity index (χ1n) is 7.57. The Kier molecular flexibility index (Phi) is 3.01. The average molecular weight is 301 g/mol. The van der Waals surface area contributed by atoms with Crippen molar-refractivity contribution in [3.63, 3.8) is 0 Å². The molecular weight excluding hydrogens is 286 g/mol. The number of hydrogen-bond donors (Lipinski definition) is 1. The lowest BCUT2D eigenvalue weighted by Gasteiger charge is -2.08. The van der Waals surface area contributed by atoms with Gasteiger partial charge in [-0.1, -0.05) is 59.8 Å². The van der Waals surface area contributed by atoms with Crippen LogP contribution in [-0.4, -0.2) is 16.7 Å². The molecule has 0 saturated heterocycles. The lowest BCUT2D eigenvalue weighted by molar-refractivity contribution is 0.100. The van der Waals surface area contributed by atoms with E-state index in [1.165, 1.54) is 22.3 Å². The van der Waals surface area contributed by atoms with Crippen molar-refractivity contribution < 1.29 is 10.0 Å². The molecule has 0 amide bonds. The van der Waals surface area contributed by atoms with E-state index < -0.39 is 0 Å². The monoisotopic (exact) mass is 301 g/mol. The van der Waals surface area contributed by atoms with Crippen LogP contribution in [0.15, 0.2) is 59.8 Å². The zero-order valence-electron chi connectivity index (χ0n) is 12.7. The van der Waals surface area contributed by atoms with Crippen molar-refractivity contribution >= 4 is 22.3 Å². The van der Waals surface area contributed by atoms with Crippen molar-refractivity contribution in [1.82, 2.24) is 0 Å². The zero-order chi connectivity index (χ0) is 16.0. The number of oxime groups is 1. The molecule has 4 rings (SSSR count). The van der Waals surface area contributed by atoms with Gasteiger partial charge in [-0.3, -0.25) is 4.79 Å². The highest BCUT2D eigenvalue weighted by atomic mass is 16.4. The molecule has 0 atom stereocenters. The normalized spacial score (nSPS) is 12.5. The minimum Gasteiger partial charge on any atom is -0.411 e. The molecule has 3 aromatic carbocycles. The van der Waals surface area contributed by atoms with E-state index in [0.717, 1.165) is 10.8 Å². The molecule has 0 saturated carbocycles. The van der Waals surface area contributed by atoms with Gasteiger partial charge in [-0.05, 0) is 39.9 Å². The summed E-state index contributed by atoms with van der Waals surface area (Å²) >= 11 is 0. The van der Waals surface area contributed by atoms with Crippen LogP contribution in [0.3, 0.4) is 0 Å². The Balaban J connectivity index is 1.96. The summed E-state index contributed by atoms with van der Waals surface area (Å²) in [6, 6.07) is 18.3. The van der Waals surface area contributed by atoms with Crippen LogP contribution >= 0.6 is 0 Å². The van der Waals surface area contributed by atoms with Crippen LogP contribution in [0.2, 0.25) is 0 Å². The lowest BCUT2D eigenvalue weighted by Crippen LogP contribution is -2.06. The van der Waals surface area contributed by atoms with Crippen molar-refractivity contribution in [1.29, 1.82) is 0 Å². The lowest BCUT2D eigenvalue weighted by atomic mass is 9.95. The van der Waals surface area contributed by atoms with Gasteiger partial charge >= 0.3 is 0 Å². The Labute approximate surface area is 133 Å². The van der Waals surface area contributed by atoms with Crippen LogP contribution in [-0.2, 0) is 0 Å². The quantitative estimate of drug-likeness (QED) is 0.253. The van der Waals surface area contributed by atoms with Crippen molar-refractivity contribution in [2.24, 2.45) is 5.16 Å². The number of carbonyl (C=O) groups excluding carboxylic acids is 1. The van der Waals surface area contributed by atoms with Crippen LogP contribution in [0.25, 0.3) is 33.0 Å². The maximum Gasteiger partial charge on any atom is 0.169 e. The third-order valence-corrected chi connectivity index (χ3v) is 4.44. The van der Waals surface area contributed by atoms with E-state index in [9.17, 15) is 4.79 Å². The van der Waals surface area contributed by atoms with E-state index in [-0.39, 0.29) is 12.2 Å². The fraction of sp³-hybridized carbons (Fsp3) is 0.100. The standard InChI is InChI=1S/C20H15NO2/c1-12(21-23)11-19(22)15-9-10-18-14-6-3-2-5-13(14)16-7-4-8-17(15)20(16)18/h2-10,23H,11H2,1H3. The first-order valence-corrected chi connectivity index (χ1v) is 7.57. The first-order chi connectivity index (χ1) is 11.2. The van der Waals surface area contributed by atoms with Crippen LogP contribution < -0.4 is 0 Å². The predicted molar refractivity (Wildman–Crippen MR) is 92.2 cm³/mol. The average Bonchev–Trinajstić information content (AvgIpc) is 2.91. The second-order valence-electron chi connectivity index (χ2n) is 5.87. The third-order valence-electron chi connectivity index (χ3n) is 4.44. The number of rotatable bonds is 3. The fourth-order valence-corrected chi connectivity index (χ4v) is 3.41. The molecule has 3 nitrogen and oxygen atoms in total. The SMILES string of the molecule is CC(CC(=O)c1ccc2c3c(cccc13)-c1ccccc1-2)=NO. The molecule has 0 spiro atoms. The van der Waals surface area contributed by atoms with Gasteiger partial charge in [0, 0.05) is 5.56 Å². The largest absolute Gasteiger partial charge is 0.411 e. The van der Waals surface area contributed by atoms with Crippen molar-refractivity contribution in [2.75, 3.05) is 0 Å². The third kappa shape index (κ3) is 1.97. The number of fused-ring (bicyclic) bond motifs is 3. The second-order valence-corrected chi connectivity index (χ2v) is 5.87. The number of nitrogens with zero attached hydrogens (tertiary/aromatic N) is 1. The van der Waals surface area contributed by atoms with Gasteiger partial charge in [0.15, 0.2) is 5.78 Å². The van der Waals surface area contributed by atoms with Gasteiger partial charge in [-0.25, -0.2) is 0 Å². The van der Waals surface area contributed by atoms with Crippen molar-refractivity contribution in [3.8, 4) is 22.3 Å². The van der Waals surface area contributed by atoms with Gasteiger partial charge < -0.3 is 5.21 Å². The second kappa shape index (κ2) is 5.06. The maximum atomic E-state index is 12.6. The topological polar surface area (TPSA) is 49.7 Å². The summed E-state index contributed by atoms with van der Waals surface area (Å²) in [4.78, 5) is 12.6. The highest BCUT2D eigenvalue weighted by Gasteiger charge is 2.23. The van der Waals surface area contributed by atoms with Crippen LogP contribution in [0.1, 0.15) is 23.7 Å². The van der Waals surface area contributed by atoms with Gasteiger partial charge in [0.1, 0.15) is 0 Å². The summed E-state index contributed by atoms with van der Waals surface area (Å²) in [5.41, 5.74) is 5.88. The molecule has 0 fully saturated rings. The van der Waals surface area contributed by atoms with E-state index in [1.807, 2.05) is 36.4 Å².